The second-order valence-corrected chi connectivity index (χ2v) is 6.84. The topological polar surface area (TPSA) is 108 Å². The largest absolute Gasteiger partial charge is 0.393 e. The molecule has 1 aliphatic rings. The van der Waals surface area contributed by atoms with Crippen LogP contribution in [-0.2, 0) is 0 Å². The van der Waals surface area contributed by atoms with E-state index in [2.05, 4.69) is 31.0 Å². The fraction of sp³-hybridized carbons (Fsp3) is 0.389. The van der Waals surface area contributed by atoms with E-state index < -0.39 is 0 Å². The quantitative estimate of drug-likeness (QED) is 0.538. The van der Waals surface area contributed by atoms with Gasteiger partial charge in [-0.3, -0.25) is 15.6 Å². The van der Waals surface area contributed by atoms with E-state index in [1.165, 1.54) is 25.6 Å². The van der Waals surface area contributed by atoms with Crippen LogP contribution in [0, 0.1) is 0 Å². The molecule has 0 unspecified atom stereocenters. The Hall–Kier alpha value is -2.58. The number of benzene rings is 1. The Bertz CT molecular complexity index is 763. The molecule has 27 heavy (non-hydrogen) atoms. The van der Waals surface area contributed by atoms with E-state index in [0.29, 0.717) is 27.9 Å². The third-order valence-electron chi connectivity index (χ3n) is 4.45. The van der Waals surface area contributed by atoms with Crippen LogP contribution in [0.3, 0.4) is 0 Å². The van der Waals surface area contributed by atoms with Gasteiger partial charge in [0.15, 0.2) is 11.6 Å². The number of amides is 1. The maximum atomic E-state index is 12.2. The van der Waals surface area contributed by atoms with Crippen LogP contribution in [0.1, 0.15) is 29.6 Å². The number of nitrogen functional groups attached to an aromatic ring is 1. The summed E-state index contributed by atoms with van der Waals surface area (Å²) in [5.74, 6) is 0.572. The van der Waals surface area contributed by atoms with Crippen LogP contribution in [0.2, 0.25) is 5.02 Å². The number of carbonyl (C=O) groups is 1. The number of carbonyl (C=O) groups excluding carboxylic acids is 1. The van der Waals surface area contributed by atoms with E-state index in [1.807, 2.05) is 0 Å². The molecule has 0 spiro atoms. The molecular weight excluding hydrogens is 366 g/mol. The molecule has 1 aliphatic heterocycles. The van der Waals surface area contributed by atoms with Crippen molar-refractivity contribution in [1.82, 2.24) is 20.3 Å². The normalized spacial score (nSPS) is 14.6. The van der Waals surface area contributed by atoms with Gasteiger partial charge in [0.1, 0.15) is 12.0 Å². The molecule has 0 atom stereocenters. The minimum Gasteiger partial charge on any atom is -0.393 e. The standard InChI is InChI=1S/C18H24ClN7O/c19-14-6-4-13(5-7-14)18(27)25-24-17-15(20)16(22-12-23-17)21-8-11-26-9-2-1-3-10-26/h4-7,12H,1-3,8-11,20H2,(H,25,27)(H2,21,22,23,24). The van der Waals surface area contributed by atoms with E-state index in [0.717, 1.165) is 26.2 Å². The first-order chi connectivity index (χ1) is 13.1. The first-order valence-corrected chi connectivity index (χ1v) is 9.40. The molecule has 0 saturated carbocycles. The van der Waals surface area contributed by atoms with Crippen molar-refractivity contribution < 1.29 is 4.79 Å². The van der Waals surface area contributed by atoms with Crippen molar-refractivity contribution in [2.45, 2.75) is 19.3 Å². The van der Waals surface area contributed by atoms with Gasteiger partial charge in [-0.1, -0.05) is 18.0 Å². The smallest absolute Gasteiger partial charge is 0.269 e. The number of likely N-dealkylation sites (tertiary alicyclic amines) is 1. The molecule has 2 aromatic rings. The molecule has 3 rings (SSSR count). The lowest BCUT2D eigenvalue weighted by Crippen LogP contribution is -2.34. The molecule has 1 aromatic heterocycles. The zero-order valence-electron chi connectivity index (χ0n) is 15.0. The molecule has 5 N–H and O–H groups in total. The summed E-state index contributed by atoms with van der Waals surface area (Å²) in [6.45, 7) is 3.98. The molecule has 1 saturated heterocycles. The van der Waals surface area contributed by atoms with Gasteiger partial charge in [-0.2, -0.15) is 0 Å². The summed E-state index contributed by atoms with van der Waals surface area (Å²) in [4.78, 5) is 22.8. The Morgan fingerprint density at radius 2 is 1.81 bits per heavy atom. The van der Waals surface area contributed by atoms with Crippen LogP contribution in [0.15, 0.2) is 30.6 Å². The van der Waals surface area contributed by atoms with Crippen LogP contribution >= 0.6 is 11.6 Å². The van der Waals surface area contributed by atoms with Gasteiger partial charge in [-0.25, -0.2) is 9.97 Å². The highest BCUT2D eigenvalue weighted by Gasteiger charge is 2.12. The summed E-state index contributed by atoms with van der Waals surface area (Å²) in [6.07, 6.45) is 5.24. The van der Waals surface area contributed by atoms with Gasteiger partial charge in [0, 0.05) is 23.7 Å². The van der Waals surface area contributed by atoms with Crippen molar-refractivity contribution in [2.75, 3.05) is 42.7 Å². The number of piperidine rings is 1. The lowest BCUT2D eigenvalue weighted by atomic mass is 10.1. The molecule has 0 aliphatic carbocycles. The first-order valence-electron chi connectivity index (χ1n) is 9.02. The summed E-state index contributed by atoms with van der Waals surface area (Å²) >= 11 is 5.83. The molecule has 9 heteroatoms. The van der Waals surface area contributed by atoms with Crippen molar-refractivity contribution in [1.29, 1.82) is 0 Å². The van der Waals surface area contributed by atoms with Crippen molar-refractivity contribution in [3.8, 4) is 0 Å². The maximum absolute atomic E-state index is 12.2. The number of nitrogens with one attached hydrogen (secondary N) is 3. The third kappa shape index (κ3) is 5.45. The summed E-state index contributed by atoms with van der Waals surface area (Å²) in [5.41, 5.74) is 12.3. The van der Waals surface area contributed by atoms with E-state index in [4.69, 9.17) is 17.3 Å². The molecular formula is C18H24ClN7O. The number of rotatable bonds is 7. The molecule has 144 valence electrons. The number of aromatic nitrogens is 2. The van der Waals surface area contributed by atoms with Gasteiger partial charge in [-0.15, -0.1) is 0 Å². The Balaban J connectivity index is 1.52. The van der Waals surface area contributed by atoms with Crippen LogP contribution < -0.4 is 21.9 Å². The highest BCUT2D eigenvalue weighted by molar-refractivity contribution is 6.30. The Morgan fingerprint density at radius 3 is 2.56 bits per heavy atom. The Morgan fingerprint density at radius 1 is 1.11 bits per heavy atom. The molecule has 0 radical (unpaired) electrons. The maximum Gasteiger partial charge on any atom is 0.269 e. The highest BCUT2D eigenvalue weighted by atomic mass is 35.5. The summed E-state index contributed by atoms with van der Waals surface area (Å²) in [6, 6.07) is 6.58. The van der Waals surface area contributed by atoms with Crippen LogP contribution in [0.4, 0.5) is 17.3 Å². The fourth-order valence-corrected chi connectivity index (χ4v) is 3.07. The Labute approximate surface area is 163 Å². The fourth-order valence-electron chi connectivity index (χ4n) is 2.94. The average Bonchev–Trinajstić information content (AvgIpc) is 2.69. The molecule has 2 heterocycles. The predicted molar refractivity (Wildman–Crippen MR) is 108 cm³/mol. The number of anilines is 3. The third-order valence-corrected chi connectivity index (χ3v) is 4.71. The van der Waals surface area contributed by atoms with E-state index >= 15 is 0 Å². The van der Waals surface area contributed by atoms with E-state index in [9.17, 15) is 4.79 Å². The molecule has 0 bridgehead atoms. The average molecular weight is 390 g/mol. The number of hydrogen-bond acceptors (Lipinski definition) is 7. The van der Waals surface area contributed by atoms with Gasteiger partial charge in [0.25, 0.3) is 5.91 Å². The van der Waals surface area contributed by atoms with Gasteiger partial charge >= 0.3 is 0 Å². The van der Waals surface area contributed by atoms with Gasteiger partial charge in [-0.05, 0) is 50.2 Å². The number of nitrogens with two attached hydrogens (primary N) is 1. The van der Waals surface area contributed by atoms with Crippen molar-refractivity contribution >= 4 is 34.8 Å². The zero-order chi connectivity index (χ0) is 19.1. The molecule has 1 fully saturated rings. The second-order valence-electron chi connectivity index (χ2n) is 6.40. The molecule has 8 nitrogen and oxygen atoms in total. The molecule has 1 aromatic carbocycles. The van der Waals surface area contributed by atoms with Crippen molar-refractivity contribution in [3.05, 3.63) is 41.2 Å². The van der Waals surface area contributed by atoms with Gasteiger partial charge in [0.05, 0.1) is 0 Å². The van der Waals surface area contributed by atoms with Crippen molar-refractivity contribution in [2.24, 2.45) is 0 Å². The second kappa shape index (κ2) is 9.38. The minimum absolute atomic E-state index is 0.315. The predicted octanol–water partition coefficient (Wildman–Crippen LogP) is 2.37. The van der Waals surface area contributed by atoms with Crippen molar-refractivity contribution in [3.63, 3.8) is 0 Å². The van der Waals surface area contributed by atoms with Gasteiger partial charge in [0.2, 0.25) is 0 Å². The Kier molecular flexibility index (Phi) is 6.67. The SMILES string of the molecule is Nc1c(NCCN2CCCCC2)ncnc1NNC(=O)c1ccc(Cl)cc1. The number of halogens is 1. The zero-order valence-corrected chi connectivity index (χ0v) is 15.8. The van der Waals surface area contributed by atoms with E-state index in [-0.39, 0.29) is 5.91 Å². The van der Waals surface area contributed by atoms with Crippen LogP contribution in [-0.4, -0.2) is 47.0 Å². The monoisotopic (exact) mass is 389 g/mol. The number of nitrogens with zero attached hydrogens (tertiary/aromatic N) is 3. The number of hydrazine groups is 1. The highest BCUT2D eigenvalue weighted by Crippen LogP contribution is 2.21. The molecule has 1 amide bonds. The van der Waals surface area contributed by atoms with Crippen LogP contribution in [0.25, 0.3) is 0 Å². The lowest BCUT2D eigenvalue weighted by Gasteiger charge is -2.26. The van der Waals surface area contributed by atoms with Gasteiger partial charge < -0.3 is 16.0 Å². The number of hydrogen-bond donors (Lipinski definition) is 4. The van der Waals surface area contributed by atoms with Crippen LogP contribution in [0.5, 0.6) is 0 Å². The lowest BCUT2D eigenvalue weighted by molar-refractivity contribution is 0.0962. The summed E-state index contributed by atoms with van der Waals surface area (Å²) in [5, 5.41) is 3.81. The summed E-state index contributed by atoms with van der Waals surface area (Å²) < 4.78 is 0. The first kappa shape index (κ1) is 19.2. The summed E-state index contributed by atoms with van der Waals surface area (Å²) in [7, 11) is 0. The van der Waals surface area contributed by atoms with E-state index in [1.54, 1.807) is 24.3 Å². The minimum atomic E-state index is -0.315.